The third kappa shape index (κ3) is 2.65. The van der Waals surface area contributed by atoms with Gasteiger partial charge in [0.25, 0.3) is 0 Å². The highest BCUT2D eigenvalue weighted by atomic mass is 16.5. The van der Waals surface area contributed by atoms with Crippen LogP contribution in [0.25, 0.3) is 5.69 Å². The summed E-state index contributed by atoms with van der Waals surface area (Å²) in [5.74, 6) is 0.529. The minimum absolute atomic E-state index is 0.351. The highest BCUT2D eigenvalue weighted by molar-refractivity contribution is 5.84. The lowest BCUT2D eigenvalue weighted by molar-refractivity contribution is 0.320. The summed E-state index contributed by atoms with van der Waals surface area (Å²) in [5, 5.41) is 16.2. The van der Waals surface area contributed by atoms with Crippen LogP contribution in [0, 0.1) is 6.92 Å². The lowest BCUT2D eigenvalue weighted by atomic mass is 10.2. The monoisotopic (exact) mass is 257 g/mol. The number of hydrogen-bond donors (Lipinski definition) is 1. The van der Waals surface area contributed by atoms with Crippen molar-refractivity contribution in [3.05, 3.63) is 54.2 Å². The number of benzene rings is 1. The molecule has 1 N–H and O–H groups in total. The van der Waals surface area contributed by atoms with Gasteiger partial charge in [-0.05, 0) is 19.1 Å². The fourth-order valence-electron chi connectivity index (χ4n) is 1.75. The average molecular weight is 257 g/mol. The number of hydrogen-bond acceptors (Lipinski definition) is 4. The molecule has 0 saturated heterocycles. The van der Waals surface area contributed by atoms with Gasteiger partial charge in [0, 0.05) is 0 Å². The van der Waals surface area contributed by atoms with Crippen LogP contribution in [0.2, 0.25) is 0 Å². The summed E-state index contributed by atoms with van der Waals surface area (Å²) >= 11 is 0. The van der Waals surface area contributed by atoms with Gasteiger partial charge < -0.3 is 9.94 Å². The summed E-state index contributed by atoms with van der Waals surface area (Å²) in [6.07, 6.45) is 2.97. The van der Waals surface area contributed by atoms with Gasteiger partial charge >= 0.3 is 0 Å². The predicted molar refractivity (Wildman–Crippen MR) is 73.4 cm³/mol. The maximum atomic E-state index is 8.73. The lowest BCUT2D eigenvalue weighted by Crippen LogP contribution is -2.04. The van der Waals surface area contributed by atoms with E-state index in [1.54, 1.807) is 10.8 Å². The zero-order chi connectivity index (χ0) is 13.7. The number of para-hydroxylation sites is 1. The molecule has 98 valence electrons. The summed E-state index contributed by atoms with van der Waals surface area (Å²) < 4.78 is 7.30. The molecular formula is C14H15N3O2. The number of oxime groups is 1. The van der Waals surface area contributed by atoms with Crippen molar-refractivity contribution in [2.24, 2.45) is 5.16 Å². The van der Waals surface area contributed by atoms with Gasteiger partial charge in [-0.15, -0.1) is 0 Å². The summed E-state index contributed by atoms with van der Waals surface area (Å²) in [6, 6.07) is 9.62. The lowest BCUT2D eigenvalue weighted by Gasteiger charge is -2.08. The van der Waals surface area contributed by atoms with Gasteiger partial charge in [-0.25, -0.2) is 4.68 Å². The van der Waals surface area contributed by atoms with Crippen molar-refractivity contribution < 1.29 is 9.94 Å². The maximum Gasteiger partial charge on any atom is 0.226 e. The van der Waals surface area contributed by atoms with Gasteiger partial charge in [0.15, 0.2) is 0 Å². The van der Waals surface area contributed by atoms with Crippen molar-refractivity contribution in [2.75, 3.05) is 6.61 Å². The van der Waals surface area contributed by atoms with Crippen LogP contribution in [-0.4, -0.2) is 27.8 Å². The fraction of sp³-hybridized carbons (Fsp3) is 0.143. The second-order valence-electron chi connectivity index (χ2n) is 3.90. The fourth-order valence-corrected chi connectivity index (χ4v) is 1.75. The molecule has 0 bridgehead atoms. The molecule has 0 atom stereocenters. The normalized spacial score (nSPS) is 10.8. The first-order valence-electron chi connectivity index (χ1n) is 5.84. The molecule has 19 heavy (non-hydrogen) atoms. The van der Waals surface area contributed by atoms with Crippen LogP contribution in [-0.2, 0) is 0 Å². The minimum atomic E-state index is 0.351. The number of ether oxygens (including phenoxy) is 1. The third-order valence-corrected chi connectivity index (χ3v) is 2.59. The Labute approximate surface area is 111 Å². The average Bonchev–Trinajstić information content (AvgIpc) is 2.75. The molecule has 1 aromatic heterocycles. The van der Waals surface area contributed by atoms with Crippen LogP contribution in [0.15, 0.2) is 48.1 Å². The van der Waals surface area contributed by atoms with Crippen LogP contribution < -0.4 is 4.74 Å². The summed E-state index contributed by atoms with van der Waals surface area (Å²) in [6.45, 7) is 5.80. The molecule has 1 heterocycles. The number of aryl methyl sites for hydroxylation is 1. The van der Waals surface area contributed by atoms with Gasteiger partial charge in [-0.1, -0.05) is 36.0 Å². The molecule has 0 amide bonds. The molecule has 2 aromatic rings. The van der Waals surface area contributed by atoms with E-state index in [0.717, 1.165) is 11.4 Å². The topological polar surface area (TPSA) is 59.6 Å². The second-order valence-corrected chi connectivity index (χ2v) is 3.90. The predicted octanol–water partition coefficient (Wildman–Crippen LogP) is 2.55. The first-order valence-corrected chi connectivity index (χ1v) is 5.84. The van der Waals surface area contributed by atoms with Crippen LogP contribution in [0.3, 0.4) is 0 Å². The molecule has 0 unspecified atom stereocenters. The Morgan fingerprint density at radius 2 is 2.16 bits per heavy atom. The SMILES string of the molecule is C=CCOc1c(/C=N\O)c(C)nn1-c1ccccc1. The van der Waals surface area contributed by atoms with Crippen molar-refractivity contribution in [2.45, 2.75) is 6.92 Å². The first kappa shape index (κ1) is 12.9. The highest BCUT2D eigenvalue weighted by Crippen LogP contribution is 2.24. The van der Waals surface area contributed by atoms with E-state index in [-0.39, 0.29) is 0 Å². The largest absolute Gasteiger partial charge is 0.473 e. The number of nitrogens with zero attached hydrogens (tertiary/aromatic N) is 3. The molecule has 5 heteroatoms. The van der Waals surface area contributed by atoms with E-state index in [2.05, 4.69) is 16.8 Å². The Hall–Kier alpha value is -2.56. The molecule has 0 radical (unpaired) electrons. The summed E-state index contributed by atoms with van der Waals surface area (Å²) in [4.78, 5) is 0. The smallest absolute Gasteiger partial charge is 0.226 e. The molecule has 0 aliphatic heterocycles. The molecular weight excluding hydrogens is 242 g/mol. The van der Waals surface area contributed by atoms with Crippen molar-refractivity contribution in [3.8, 4) is 11.6 Å². The van der Waals surface area contributed by atoms with Gasteiger partial charge in [0.05, 0.1) is 23.2 Å². The molecule has 5 nitrogen and oxygen atoms in total. The molecule has 0 saturated carbocycles. The van der Waals surface area contributed by atoms with Gasteiger partial charge in [0.1, 0.15) is 6.61 Å². The minimum Gasteiger partial charge on any atom is -0.473 e. The van der Waals surface area contributed by atoms with Gasteiger partial charge in [-0.3, -0.25) is 0 Å². The molecule has 0 aliphatic rings. The van der Waals surface area contributed by atoms with Crippen molar-refractivity contribution in [1.29, 1.82) is 0 Å². The Balaban J connectivity index is 2.53. The first-order chi connectivity index (χ1) is 9.27. The van der Waals surface area contributed by atoms with Gasteiger partial charge in [-0.2, -0.15) is 5.10 Å². The highest BCUT2D eigenvalue weighted by Gasteiger charge is 2.16. The van der Waals surface area contributed by atoms with Crippen LogP contribution >= 0.6 is 0 Å². The van der Waals surface area contributed by atoms with E-state index >= 15 is 0 Å². The quantitative estimate of drug-likeness (QED) is 0.387. The van der Waals surface area contributed by atoms with Crippen LogP contribution in [0.5, 0.6) is 5.88 Å². The second kappa shape index (κ2) is 5.86. The van der Waals surface area contributed by atoms with Crippen molar-refractivity contribution >= 4 is 6.21 Å². The Kier molecular flexibility index (Phi) is 3.97. The van der Waals surface area contributed by atoms with E-state index in [0.29, 0.717) is 18.1 Å². The van der Waals surface area contributed by atoms with Crippen molar-refractivity contribution in [3.63, 3.8) is 0 Å². The maximum absolute atomic E-state index is 8.73. The zero-order valence-corrected chi connectivity index (χ0v) is 10.7. The van der Waals surface area contributed by atoms with Crippen LogP contribution in [0.4, 0.5) is 0 Å². The summed E-state index contributed by atoms with van der Waals surface area (Å²) in [7, 11) is 0. The Bertz CT molecular complexity index is 588. The molecule has 1 aromatic carbocycles. The van der Waals surface area contributed by atoms with E-state index in [4.69, 9.17) is 9.94 Å². The molecule has 0 aliphatic carbocycles. The molecule has 0 spiro atoms. The number of aromatic nitrogens is 2. The molecule has 0 fully saturated rings. The standard InChI is InChI=1S/C14H15N3O2/c1-3-9-19-14-13(10-15-18)11(2)16-17(14)12-7-5-4-6-8-12/h3-8,10,18H,1,9H2,2H3/b15-10-. The van der Waals surface area contributed by atoms with Crippen molar-refractivity contribution in [1.82, 2.24) is 9.78 Å². The van der Waals surface area contributed by atoms with E-state index in [1.807, 2.05) is 37.3 Å². The third-order valence-electron chi connectivity index (χ3n) is 2.59. The van der Waals surface area contributed by atoms with Crippen LogP contribution in [0.1, 0.15) is 11.3 Å². The van der Waals surface area contributed by atoms with E-state index in [9.17, 15) is 0 Å². The van der Waals surface area contributed by atoms with E-state index < -0.39 is 0 Å². The van der Waals surface area contributed by atoms with Gasteiger partial charge in [0.2, 0.25) is 5.88 Å². The number of rotatable bonds is 5. The van der Waals surface area contributed by atoms with E-state index in [1.165, 1.54) is 6.21 Å². The zero-order valence-electron chi connectivity index (χ0n) is 10.7. The summed E-state index contributed by atoms with van der Waals surface area (Å²) in [5.41, 5.74) is 2.25. The Morgan fingerprint density at radius 3 is 2.79 bits per heavy atom. The molecule has 2 rings (SSSR count). The Morgan fingerprint density at radius 1 is 1.42 bits per heavy atom.